The van der Waals surface area contributed by atoms with Gasteiger partial charge in [0.05, 0.1) is 43.9 Å². The smallest absolute Gasteiger partial charge is 0.338 e. The van der Waals surface area contributed by atoms with Gasteiger partial charge in [-0.15, -0.1) is 0 Å². The fraction of sp³-hybridized carbons (Fsp3) is 0.333. The van der Waals surface area contributed by atoms with E-state index in [9.17, 15) is 9.59 Å². The summed E-state index contributed by atoms with van der Waals surface area (Å²) in [6.07, 6.45) is 0. The first-order valence-electron chi connectivity index (χ1n) is 9.21. The molecule has 0 radical (unpaired) electrons. The molecule has 0 atom stereocenters. The lowest BCUT2D eigenvalue weighted by molar-refractivity contribution is 0.0526. The number of nitrogens with zero attached hydrogens (tertiary/aromatic N) is 1. The van der Waals surface area contributed by atoms with Gasteiger partial charge >= 0.3 is 5.97 Å². The van der Waals surface area contributed by atoms with Gasteiger partial charge in [0.25, 0.3) is 5.91 Å². The lowest BCUT2D eigenvalue weighted by Crippen LogP contribution is -2.36. The largest absolute Gasteiger partial charge is 0.497 e. The molecule has 28 heavy (non-hydrogen) atoms. The molecule has 2 aromatic carbocycles. The van der Waals surface area contributed by atoms with Gasteiger partial charge in [-0.25, -0.2) is 4.79 Å². The van der Waals surface area contributed by atoms with E-state index >= 15 is 0 Å². The van der Waals surface area contributed by atoms with Crippen LogP contribution in [0.3, 0.4) is 0 Å². The summed E-state index contributed by atoms with van der Waals surface area (Å²) < 4.78 is 15.7. The Balaban J connectivity index is 1.91. The summed E-state index contributed by atoms with van der Waals surface area (Å²) in [5, 5.41) is 2.93. The van der Waals surface area contributed by atoms with Crippen molar-refractivity contribution < 1.29 is 23.8 Å². The molecule has 0 unspecified atom stereocenters. The Hall–Kier alpha value is -3.06. The molecule has 1 aliphatic heterocycles. The van der Waals surface area contributed by atoms with Crippen LogP contribution in [0.4, 0.5) is 11.4 Å². The molecule has 1 N–H and O–H groups in total. The fourth-order valence-electron chi connectivity index (χ4n) is 3.02. The molecule has 0 saturated carbocycles. The Morgan fingerprint density at radius 3 is 2.61 bits per heavy atom. The van der Waals surface area contributed by atoms with Gasteiger partial charge in [-0.2, -0.15) is 0 Å². The first-order valence-corrected chi connectivity index (χ1v) is 9.21. The number of rotatable bonds is 6. The molecule has 0 spiro atoms. The number of carbonyl (C=O) groups excluding carboxylic acids is 2. The Morgan fingerprint density at radius 1 is 1.11 bits per heavy atom. The molecule has 2 aromatic rings. The molecule has 148 valence electrons. The summed E-state index contributed by atoms with van der Waals surface area (Å²) in [5.41, 5.74) is 2.25. The van der Waals surface area contributed by atoms with Gasteiger partial charge in [-0.3, -0.25) is 4.79 Å². The Morgan fingerprint density at radius 2 is 1.89 bits per heavy atom. The topological polar surface area (TPSA) is 77.1 Å². The SMILES string of the molecule is CCOC(=O)c1ccc(N2CCOCC2)c(NC(=O)c2cccc(OC)c2)c1. The van der Waals surface area contributed by atoms with Crippen molar-refractivity contribution in [2.24, 2.45) is 0 Å². The summed E-state index contributed by atoms with van der Waals surface area (Å²) in [6, 6.07) is 12.1. The molecule has 3 rings (SSSR count). The maximum Gasteiger partial charge on any atom is 0.338 e. The molecular weight excluding hydrogens is 360 g/mol. The minimum Gasteiger partial charge on any atom is -0.497 e. The third-order valence-corrected chi connectivity index (χ3v) is 4.44. The van der Waals surface area contributed by atoms with Crippen LogP contribution in [-0.4, -0.2) is 51.9 Å². The van der Waals surface area contributed by atoms with Crippen LogP contribution in [0.5, 0.6) is 5.75 Å². The average Bonchev–Trinajstić information content (AvgIpc) is 2.74. The number of anilines is 2. The molecule has 0 bridgehead atoms. The number of amides is 1. The lowest BCUT2D eigenvalue weighted by Gasteiger charge is -2.30. The van der Waals surface area contributed by atoms with Crippen LogP contribution in [0.1, 0.15) is 27.6 Å². The molecule has 1 aliphatic rings. The van der Waals surface area contributed by atoms with E-state index in [0.29, 0.717) is 48.9 Å². The van der Waals surface area contributed by atoms with Crippen molar-refractivity contribution in [3.8, 4) is 5.75 Å². The van der Waals surface area contributed by atoms with Gasteiger partial charge in [0.15, 0.2) is 0 Å². The van der Waals surface area contributed by atoms with E-state index < -0.39 is 5.97 Å². The number of ether oxygens (including phenoxy) is 3. The summed E-state index contributed by atoms with van der Waals surface area (Å²) >= 11 is 0. The van der Waals surface area contributed by atoms with E-state index in [4.69, 9.17) is 14.2 Å². The Bertz CT molecular complexity index is 846. The molecule has 1 fully saturated rings. The van der Waals surface area contributed by atoms with Crippen LogP contribution in [0, 0.1) is 0 Å². The second-order valence-electron chi connectivity index (χ2n) is 6.24. The van der Waals surface area contributed by atoms with Gasteiger partial charge in [-0.05, 0) is 43.3 Å². The quantitative estimate of drug-likeness (QED) is 0.772. The van der Waals surface area contributed by atoms with E-state index in [1.807, 2.05) is 6.07 Å². The van der Waals surface area contributed by atoms with Crippen LogP contribution in [0.25, 0.3) is 0 Å². The van der Waals surface area contributed by atoms with Crippen LogP contribution >= 0.6 is 0 Å². The maximum atomic E-state index is 12.8. The predicted octanol–water partition coefficient (Wildman–Crippen LogP) is 2.96. The Kier molecular flexibility index (Phi) is 6.49. The van der Waals surface area contributed by atoms with Crippen molar-refractivity contribution in [2.45, 2.75) is 6.92 Å². The molecule has 0 aromatic heterocycles. The fourth-order valence-corrected chi connectivity index (χ4v) is 3.02. The third-order valence-electron chi connectivity index (χ3n) is 4.44. The van der Waals surface area contributed by atoms with Crippen LogP contribution in [0.2, 0.25) is 0 Å². The van der Waals surface area contributed by atoms with Crippen molar-refractivity contribution in [2.75, 3.05) is 50.2 Å². The van der Waals surface area contributed by atoms with Crippen molar-refractivity contribution in [3.63, 3.8) is 0 Å². The van der Waals surface area contributed by atoms with E-state index in [2.05, 4.69) is 10.2 Å². The molecule has 1 amide bonds. The minimum absolute atomic E-state index is 0.283. The number of benzene rings is 2. The standard InChI is InChI=1S/C21H24N2O5/c1-3-28-21(25)16-7-8-19(23-9-11-27-12-10-23)18(14-16)22-20(24)15-5-4-6-17(13-15)26-2/h4-8,13-14H,3,9-12H2,1-2H3,(H,22,24). The van der Waals surface area contributed by atoms with Crippen LogP contribution in [0.15, 0.2) is 42.5 Å². The molecule has 1 saturated heterocycles. The minimum atomic E-state index is -0.423. The molecule has 1 heterocycles. The number of carbonyl (C=O) groups is 2. The number of hydrogen-bond donors (Lipinski definition) is 1. The van der Waals surface area contributed by atoms with E-state index in [-0.39, 0.29) is 12.5 Å². The van der Waals surface area contributed by atoms with Crippen molar-refractivity contribution in [1.82, 2.24) is 0 Å². The zero-order valence-electron chi connectivity index (χ0n) is 16.1. The summed E-state index contributed by atoms with van der Waals surface area (Å²) in [5.74, 6) is -0.108. The van der Waals surface area contributed by atoms with E-state index in [1.54, 1.807) is 50.4 Å². The number of hydrogen-bond acceptors (Lipinski definition) is 6. The highest BCUT2D eigenvalue weighted by molar-refractivity contribution is 6.07. The Labute approximate surface area is 164 Å². The van der Waals surface area contributed by atoms with Gasteiger partial charge < -0.3 is 24.4 Å². The summed E-state index contributed by atoms with van der Waals surface area (Å²) in [4.78, 5) is 27.1. The van der Waals surface area contributed by atoms with Crippen molar-refractivity contribution in [3.05, 3.63) is 53.6 Å². The second-order valence-corrected chi connectivity index (χ2v) is 6.24. The van der Waals surface area contributed by atoms with E-state index in [0.717, 1.165) is 5.69 Å². The monoisotopic (exact) mass is 384 g/mol. The predicted molar refractivity (Wildman–Crippen MR) is 106 cm³/mol. The zero-order valence-corrected chi connectivity index (χ0v) is 16.1. The van der Waals surface area contributed by atoms with Gasteiger partial charge in [-0.1, -0.05) is 6.07 Å². The van der Waals surface area contributed by atoms with Crippen LogP contribution in [-0.2, 0) is 9.47 Å². The highest BCUT2D eigenvalue weighted by atomic mass is 16.5. The molecule has 0 aliphatic carbocycles. The zero-order chi connectivity index (χ0) is 19.9. The molecule has 7 heteroatoms. The van der Waals surface area contributed by atoms with Gasteiger partial charge in [0, 0.05) is 18.7 Å². The maximum absolute atomic E-state index is 12.8. The van der Waals surface area contributed by atoms with Gasteiger partial charge in [0.1, 0.15) is 5.75 Å². The number of morpholine rings is 1. The van der Waals surface area contributed by atoms with E-state index in [1.165, 1.54) is 0 Å². The van der Waals surface area contributed by atoms with Crippen molar-refractivity contribution >= 4 is 23.3 Å². The molecule has 7 nitrogen and oxygen atoms in total. The normalized spacial score (nSPS) is 13.7. The first kappa shape index (κ1) is 19.7. The third kappa shape index (κ3) is 4.61. The van der Waals surface area contributed by atoms with Gasteiger partial charge in [0.2, 0.25) is 0 Å². The number of methoxy groups -OCH3 is 1. The second kappa shape index (κ2) is 9.23. The number of esters is 1. The first-order chi connectivity index (χ1) is 13.6. The van der Waals surface area contributed by atoms with Crippen LogP contribution < -0.4 is 15.0 Å². The summed E-state index contributed by atoms with van der Waals surface area (Å²) in [6.45, 7) is 4.69. The summed E-state index contributed by atoms with van der Waals surface area (Å²) in [7, 11) is 1.55. The average molecular weight is 384 g/mol. The van der Waals surface area contributed by atoms with Crippen molar-refractivity contribution in [1.29, 1.82) is 0 Å². The highest BCUT2D eigenvalue weighted by Gasteiger charge is 2.19. The lowest BCUT2D eigenvalue weighted by atomic mass is 10.1. The number of nitrogens with one attached hydrogen (secondary N) is 1. The molecular formula is C21H24N2O5. The highest BCUT2D eigenvalue weighted by Crippen LogP contribution is 2.29.